The van der Waals surface area contributed by atoms with Crippen molar-refractivity contribution < 1.29 is 13.9 Å². The normalized spacial score (nSPS) is 9.30. The van der Waals surface area contributed by atoms with Crippen LogP contribution >= 0.6 is 11.6 Å². The summed E-state index contributed by atoms with van der Waals surface area (Å²) in [6, 6.07) is -0.175. The smallest absolute Gasteiger partial charge is 0.361 e. The number of ether oxygens (including phenoxy) is 1. The van der Waals surface area contributed by atoms with Crippen LogP contribution < -0.4 is 0 Å². The van der Waals surface area contributed by atoms with Crippen molar-refractivity contribution in [2.75, 3.05) is 6.07 Å². The largest absolute Gasteiger partial charge is 0.451 e. The molecule has 10 heavy (non-hydrogen) atoms. The first kappa shape index (κ1) is 7.08. The number of aromatic nitrogens is 1. The van der Waals surface area contributed by atoms with Gasteiger partial charge in [0.1, 0.15) is 6.26 Å². The molecule has 0 aliphatic heterocycles. The molecule has 0 aliphatic rings. The van der Waals surface area contributed by atoms with Gasteiger partial charge in [0.15, 0.2) is 18.2 Å². The first-order valence-electron chi connectivity index (χ1n) is 2.46. The summed E-state index contributed by atoms with van der Waals surface area (Å²) < 4.78 is 8.92. The number of carbonyl (C=O) groups excluding carboxylic acids is 1. The molecule has 0 atom stereocenters. The maximum Gasteiger partial charge on any atom is 0.361 e. The van der Waals surface area contributed by atoms with Crippen LogP contribution in [0.3, 0.4) is 0 Å². The first-order chi connectivity index (χ1) is 4.84. The Morgan fingerprint density at radius 1 is 1.90 bits per heavy atom. The van der Waals surface area contributed by atoms with E-state index in [9.17, 15) is 4.79 Å². The average Bonchev–Trinajstić information content (AvgIpc) is 2.38. The van der Waals surface area contributed by atoms with Crippen LogP contribution in [0.5, 0.6) is 0 Å². The van der Waals surface area contributed by atoms with Crippen molar-refractivity contribution in [3.05, 3.63) is 18.4 Å². The molecule has 0 amide bonds. The zero-order chi connectivity index (χ0) is 7.40. The summed E-state index contributed by atoms with van der Waals surface area (Å²) in [4.78, 5) is 14.2. The summed E-state index contributed by atoms with van der Waals surface area (Å²) in [5.41, 5.74) is 0.126. The van der Waals surface area contributed by atoms with Gasteiger partial charge in [-0.25, -0.2) is 9.78 Å². The minimum Gasteiger partial charge on any atom is -0.451 e. The molecule has 1 rings (SSSR count). The van der Waals surface area contributed by atoms with Crippen LogP contribution in [0.15, 0.2) is 17.1 Å². The van der Waals surface area contributed by atoms with Gasteiger partial charge < -0.3 is 9.15 Å². The van der Waals surface area contributed by atoms with Gasteiger partial charge in [-0.05, 0) is 0 Å². The molecule has 0 radical (unpaired) electrons. The molecule has 0 saturated carbocycles. The lowest BCUT2D eigenvalue weighted by Crippen LogP contribution is -2.03. The van der Waals surface area contributed by atoms with Crippen molar-refractivity contribution in [1.29, 1.82) is 0 Å². The van der Waals surface area contributed by atoms with Crippen molar-refractivity contribution in [2.45, 2.75) is 0 Å². The molecular weight excluding hydrogens is 158 g/mol. The Hall–Kier alpha value is -1.03. The number of nitrogens with zero attached hydrogens (tertiary/aromatic N) is 1. The third-order valence-electron chi connectivity index (χ3n) is 0.827. The standard InChI is InChI=1S/C5H4ClNO3/c6-2-10-5(8)4-1-9-3-7-4/h1,3H,2H2. The highest BCUT2D eigenvalue weighted by atomic mass is 35.5. The number of esters is 1. The highest BCUT2D eigenvalue weighted by Crippen LogP contribution is 1.97. The van der Waals surface area contributed by atoms with E-state index in [1.807, 2.05) is 0 Å². The lowest BCUT2D eigenvalue weighted by molar-refractivity contribution is 0.0567. The Kier molecular flexibility index (Phi) is 2.28. The van der Waals surface area contributed by atoms with E-state index in [2.05, 4.69) is 14.1 Å². The quantitative estimate of drug-likeness (QED) is 0.480. The minimum atomic E-state index is -0.580. The number of hydrogen-bond acceptors (Lipinski definition) is 4. The minimum absolute atomic E-state index is 0.126. The van der Waals surface area contributed by atoms with Crippen molar-refractivity contribution >= 4 is 17.6 Å². The third-order valence-corrected chi connectivity index (χ3v) is 0.936. The van der Waals surface area contributed by atoms with Gasteiger partial charge in [0.25, 0.3) is 0 Å². The number of hydrogen-bond donors (Lipinski definition) is 0. The number of rotatable bonds is 2. The Morgan fingerprint density at radius 2 is 2.70 bits per heavy atom. The molecule has 0 aromatic carbocycles. The number of oxazole rings is 1. The van der Waals surface area contributed by atoms with E-state index in [1.165, 1.54) is 6.26 Å². The van der Waals surface area contributed by atoms with Crippen LogP contribution in [0.4, 0.5) is 0 Å². The van der Waals surface area contributed by atoms with Crippen molar-refractivity contribution in [3.8, 4) is 0 Å². The Morgan fingerprint density at radius 3 is 3.20 bits per heavy atom. The highest BCUT2D eigenvalue weighted by Gasteiger charge is 2.08. The van der Waals surface area contributed by atoms with Gasteiger partial charge in [-0.3, -0.25) is 0 Å². The van der Waals surface area contributed by atoms with Gasteiger partial charge >= 0.3 is 5.97 Å². The molecule has 1 aromatic heterocycles. The van der Waals surface area contributed by atoms with Gasteiger partial charge in [0.2, 0.25) is 0 Å². The molecule has 1 aromatic rings. The van der Waals surface area contributed by atoms with Crippen LogP contribution in [0.25, 0.3) is 0 Å². The molecule has 4 nitrogen and oxygen atoms in total. The zero-order valence-electron chi connectivity index (χ0n) is 4.91. The first-order valence-corrected chi connectivity index (χ1v) is 2.99. The van der Waals surface area contributed by atoms with E-state index in [0.29, 0.717) is 0 Å². The van der Waals surface area contributed by atoms with Crippen molar-refractivity contribution in [2.24, 2.45) is 0 Å². The van der Waals surface area contributed by atoms with Gasteiger partial charge in [-0.1, -0.05) is 11.6 Å². The molecule has 5 heteroatoms. The lowest BCUT2D eigenvalue weighted by Gasteiger charge is -1.92. The maximum absolute atomic E-state index is 10.7. The fourth-order valence-corrected chi connectivity index (χ4v) is 0.536. The Balaban J connectivity index is 2.59. The van der Waals surface area contributed by atoms with Gasteiger partial charge in [0.05, 0.1) is 0 Å². The van der Waals surface area contributed by atoms with E-state index in [-0.39, 0.29) is 11.8 Å². The molecule has 0 bridgehead atoms. The van der Waals surface area contributed by atoms with Crippen LogP contribution in [0.2, 0.25) is 0 Å². The van der Waals surface area contributed by atoms with Crippen LogP contribution in [-0.4, -0.2) is 17.0 Å². The summed E-state index contributed by atoms with van der Waals surface area (Å²) in [6.45, 7) is 0. The molecule has 0 N–H and O–H groups in total. The lowest BCUT2D eigenvalue weighted by atomic mass is 10.5. The van der Waals surface area contributed by atoms with E-state index in [0.717, 1.165) is 6.39 Å². The molecule has 0 spiro atoms. The summed E-state index contributed by atoms with van der Waals surface area (Å²) in [5, 5.41) is 0. The SMILES string of the molecule is O=C(OCCl)c1cocn1. The monoisotopic (exact) mass is 161 g/mol. The van der Waals surface area contributed by atoms with Crippen LogP contribution in [0.1, 0.15) is 10.5 Å². The predicted molar refractivity (Wildman–Crippen MR) is 32.6 cm³/mol. The second-order valence-corrected chi connectivity index (χ2v) is 1.63. The number of halogens is 1. The summed E-state index contributed by atoms with van der Waals surface area (Å²) in [7, 11) is 0. The van der Waals surface area contributed by atoms with E-state index in [1.54, 1.807) is 0 Å². The Labute approximate surface area is 61.8 Å². The van der Waals surface area contributed by atoms with E-state index in [4.69, 9.17) is 11.6 Å². The van der Waals surface area contributed by atoms with Crippen LogP contribution in [-0.2, 0) is 4.74 Å². The number of carbonyl (C=O) groups is 1. The summed E-state index contributed by atoms with van der Waals surface area (Å²) >= 11 is 5.11. The van der Waals surface area contributed by atoms with Crippen molar-refractivity contribution in [3.63, 3.8) is 0 Å². The van der Waals surface area contributed by atoms with Gasteiger partial charge in [-0.2, -0.15) is 0 Å². The summed E-state index contributed by atoms with van der Waals surface area (Å²) in [6.07, 6.45) is 2.33. The number of alkyl halides is 1. The maximum atomic E-state index is 10.7. The highest BCUT2D eigenvalue weighted by molar-refractivity contribution is 6.17. The van der Waals surface area contributed by atoms with E-state index < -0.39 is 5.97 Å². The fourth-order valence-electron chi connectivity index (χ4n) is 0.437. The molecule has 0 saturated heterocycles. The fraction of sp³-hybridized carbons (Fsp3) is 0.200. The molecule has 54 valence electrons. The summed E-state index contributed by atoms with van der Waals surface area (Å²) in [5.74, 6) is -0.580. The van der Waals surface area contributed by atoms with Gasteiger partial charge in [0, 0.05) is 0 Å². The molecule has 0 fully saturated rings. The average molecular weight is 162 g/mol. The zero-order valence-corrected chi connectivity index (χ0v) is 5.67. The molecule has 0 unspecified atom stereocenters. The van der Waals surface area contributed by atoms with E-state index >= 15 is 0 Å². The van der Waals surface area contributed by atoms with Crippen molar-refractivity contribution in [1.82, 2.24) is 4.98 Å². The molecule has 0 aliphatic carbocycles. The second-order valence-electron chi connectivity index (χ2n) is 1.41. The van der Waals surface area contributed by atoms with Gasteiger partial charge in [-0.15, -0.1) is 0 Å². The predicted octanol–water partition coefficient (Wildman–Crippen LogP) is 1.03. The Bertz CT molecular complexity index is 209. The van der Waals surface area contributed by atoms with Crippen LogP contribution in [0, 0.1) is 0 Å². The second kappa shape index (κ2) is 3.22. The molecule has 1 heterocycles. The topological polar surface area (TPSA) is 52.3 Å². The molecular formula is C5H4ClNO3. The third kappa shape index (κ3) is 1.48.